The van der Waals surface area contributed by atoms with Gasteiger partial charge in [0.2, 0.25) is 5.82 Å². The van der Waals surface area contributed by atoms with Crippen LogP contribution in [0.5, 0.6) is 0 Å². The summed E-state index contributed by atoms with van der Waals surface area (Å²) in [6, 6.07) is 6.27. The predicted molar refractivity (Wildman–Crippen MR) is 88.4 cm³/mol. The normalized spacial score (nSPS) is 12.4. The fourth-order valence-corrected chi connectivity index (χ4v) is 4.43. The molecule has 12 heteroatoms. The van der Waals surface area contributed by atoms with Gasteiger partial charge >= 0.3 is 0 Å². The highest BCUT2D eigenvalue weighted by Gasteiger charge is 2.21. The van der Waals surface area contributed by atoms with E-state index in [4.69, 9.17) is 0 Å². The topological polar surface area (TPSA) is 92.5 Å². The third kappa shape index (κ3) is 3.60. The zero-order valence-electron chi connectivity index (χ0n) is 13.0. The number of hydrogen-bond acceptors (Lipinski definition) is 7. The average molecular weight is 388 g/mol. The van der Waals surface area contributed by atoms with Crippen LogP contribution in [0.4, 0.5) is 14.6 Å². The molecule has 0 atom stereocenters. The van der Waals surface area contributed by atoms with Gasteiger partial charge in [0.15, 0.2) is 5.65 Å². The number of anilines is 1. The summed E-state index contributed by atoms with van der Waals surface area (Å²) >= 11 is 1.14. The van der Waals surface area contributed by atoms with E-state index in [0.717, 1.165) is 15.9 Å². The first-order chi connectivity index (χ1) is 11.9. The zero-order chi connectivity index (χ0) is 18.0. The SMILES string of the molecule is CN(CCNc1ccc2nnc(C(F)F)n2n1)S(=O)(=O)c1cccs1. The van der Waals surface area contributed by atoms with Gasteiger partial charge in [0, 0.05) is 20.1 Å². The number of nitrogens with one attached hydrogen (secondary N) is 1. The van der Waals surface area contributed by atoms with E-state index in [1.54, 1.807) is 17.5 Å². The van der Waals surface area contributed by atoms with Gasteiger partial charge in [-0.2, -0.15) is 8.82 Å². The molecule has 0 saturated heterocycles. The molecule has 0 fully saturated rings. The first kappa shape index (κ1) is 17.6. The second kappa shape index (κ2) is 6.98. The van der Waals surface area contributed by atoms with Crippen LogP contribution in [-0.4, -0.2) is 52.7 Å². The molecule has 0 aliphatic carbocycles. The number of thiophene rings is 1. The summed E-state index contributed by atoms with van der Waals surface area (Å²) in [4.78, 5) is 0. The molecule has 0 aromatic carbocycles. The molecule has 0 spiro atoms. The van der Waals surface area contributed by atoms with Crippen LogP contribution >= 0.6 is 11.3 Å². The van der Waals surface area contributed by atoms with Crippen molar-refractivity contribution in [2.24, 2.45) is 0 Å². The molecule has 134 valence electrons. The van der Waals surface area contributed by atoms with Crippen molar-refractivity contribution < 1.29 is 17.2 Å². The number of alkyl halides is 2. The van der Waals surface area contributed by atoms with Gasteiger partial charge in [-0.15, -0.1) is 26.6 Å². The van der Waals surface area contributed by atoms with E-state index in [9.17, 15) is 17.2 Å². The Hall–Kier alpha value is -2.18. The lowest BCUT2D eigenvalue weighted by Gasteiger charge is -2.16. The molecule has 0 aliphatic heterocycles. The quantitative estimate of drug-likeness (QED) is 0.664. The molecule has 25 heavy (non-hydrogen) atoms. The second-order valence-corrected chi connectivity index (χ2v) is 8.25. The van der Waals surface area contributed by atoms with E-state index in [2.05, 4.69) is 20.6 Å². The van der Waals surface area contributed by atoms with Crippen molar-refractivity contribution in [3.8, 4) is 0 Å². The lowest BCUT2D eigenvalue weighted by molar-refractivity contribution is 0.137. The van der Waals surface area contributed by atoms with Crippen molar-refractivity contribution in [3.05, 3.63) is 35.5 Å². The molecule has 0 saturated carbocycles. The van der Waals surface area contributed by atoms with Gasteiger partial charge in [-0.05, 0) is 23.6 Å². The first-order valence-electron chi connectivity index (χ1n) is 7.14. The van der Waals surface area contributed by atoms with Crippen molar-refractivity contribution in [2.75, 3.05) is 25.5 Å². The van der Waals surface area contributed by atoms with Gasteiger partial charge < -0.3 is 5.32 Å². The lowest BCUT2D eigenvalue weighted by atomic mass is 10.5. The fourth-order valence-electron chi connectivity index (χ4n) is 2.06. The number of likely N-dealkylation sites (N-methyl/N-ethyl adjacent to an activating group) is 1. The molecule has 8 nitrogen and oxygen atoms in total. The minimum atomic E-state index is -3.53. The van der Waals surface area contributed by atoms with Crippen LogP contribution in [-0.2, 0) is 10.0 Å². The molecule has 3 rings (SSSR count). The molecular formula is C13H14F2N6O2S2. The maximum Gasteiger partial charge on any atom is 0.299 e. The smallest absolute Gasteiger partial charge is 0.299 e. The van der Waals surface area contributed by atoms with Crippen LogP contribution in [0.25, 0.3) is 5.65 Å². The lowest BCUT2D eigenvalue weighted by Crippen LogP contribution is -2.31. The summed E-state index contributed by atoms with van der Waals surface area (Å²) in [7, 11) is -2.05. The minimum absolute atomic E-state index is 0.184. The number of rotatable bonds is 7. The van der Waals surface area contributed by atoms with Crippen LogP contribution in [0.3, 0.4) is 0 Å². The van der Waals surface area contributed by atoms with E-state index in [-0.39, 0.29) is 22.9 Å². The van der Waals surface area contributed by atoms with Gasteiger partial charge in [0.05, 0.1) is 0 Å². The molecule has 0 unspecified atom stereocenters. The van der Waals surface area contributed by atoms with Gasteiger partial charge in [0.25, 0.3) is 16.4 Å². The average Bonchev–Trinajstić information content (AvgIpc) is 3.24. The summed E-state index contributed by atoms with van der Waals surface area (Å²) in [5.74, 6) is -0.229. The second-order valence-electron chi connectivity index (χ2n) is 5.03. The van der Waals surface area contributed by atoms with E-state index in [1.165, 1.54) is 23.5 Å². The Kier molecular flexibility index (Phi) is 4.92. The first-order valence-corrected chi connectivity index (χ1v) is 9.46. The van der Waals surface area contributed by atoms with Gasteiger partial charge in [-0.1, -0.05) is 6.07 Å². The summed E-state index contributed by atoms with van der Waals surface area (Å²) in [6.45, 7) is 0.440. The molecule has 3 aromatic heterocycles. The number of aromatic nitrogens is 4. The van der Waals surface area contributed by atoms with Gasteiger partial charge in [-0.25, -0.2) is 17.2 Å². The van der Waals surface area contributed by atoms with Crippen LogP contribution in [0, 0.1) is 0 Å². The third-order valence-electron chi connectivity index (χ3n) is 3.37. The Balaban J connectivity index is 1.66. The van der Waals surface area contributed by atoms with Crippen LogP contribution in [0.15, 0.2) is 33.9 Å². The van der Waals surface area contributed by atoms with Crippen LogP contribution in [0.2, 0.25) is 0 Å². The Bertz CT molecular complexity index is 958. The highest BCUT2D eigenvalue weighted by atomic mass is 32.2. The number of nitrogens with zero attached hydrogens (tertiary/aromatic N) is 5. The van der Waals surface area contributed by atoms with Crippen molar-refractivity contribution in [3.63, 3.8) is 0 Å². The Morgan fingerprint density at radius 2 is 2.12 bits per heavy atom. The number of hydrogen-bond donors (Lipinski definition) is 1. The fraction of sp³-hybridized carbons (Fsp3) is 0.308. The van der Waals surface area contributed by atoms with Crippen LogP contribution in [0.1, 0.15) is 12.2 Å². The number of fused-ring (bicyclic) bond motifs is 1. The van der Waals surface area contributed by atoms with Crippen molar-refractivity contribution >= 4 is 32.8 Å². The summed E-state index contributed by atoms with van der Waals surface area (Å²) in [6.07, 6.45) is -2.79. The van der Waals surface area contributed by atoms with Gasteiger partial charge in [0.1, 0.15) is 10.0 Å². The molecular weight excluding hydrogens is 374 g/mol. The number of sulfonamides is 1. The van der Waals surface area contributed by atoms with Crippen molar-refractivity contribution in [1.82, 2.24) is 24.1 Å². The summed E-state index contributed by atoms with van der Waals surface area (Å²) in [5.41, 5.74) is 0.207. The maximum atomic E-state index is 12.8. The maximum absolute atomic E-state index is 12.8. The van der Waals surface area contributed by atoms with Crippen molar-refractivity contribution in [1.29, 1.82) is 0 Å². The zero-order valence-corrected chi connectivity index (χ0v) is 14.6. The molecule has 0 radical (unpaired) electrons. The monoisotopic (exact) mass is 388 g/mol. The van der Waals surface area contributed by atoms with E-state index in [1.807, 2.05) is 0 Å². The highest BCUT2D eigenvalue weighted by Crippen LogP contribution is 2.20. The molecule has 3 aromatic rings. The van der Waals surface area contributed by atoms with E-state index in [0.29, 0.717) is 5.82 Å². The van der Waals surface area contributed by atoms with E-state index < -0.39 is 22.3 Å². The van der Waals surface area contributed by atoms with E-state index >= 15 is 0 Å². The Labute approximate surface area is 146 Å². The summed E-state index contributed by atoms with van der Waals surface area (Å²) < 4.78 is 52.7. The Morgan fingerprint density at radius 3 is 2.80 bits per heavy atom. The van der Waals surface area contributed by atoms with Crippen LogP contribution < -0.4 is 5.32 Å². The molecule has 1 N–H and O–H groups in total. The molecule has 0 bridgehead atoms. The Morgan fingerprint density at radius 1 is 1.32 bits per heavy atom. The summed E-state index contributed by atoms with van der Waals surface area (Å²) in [5, 5.41) is 15.6. The van der Waals surface area contributed by atoms with Crippen molar-refractivity contribution in [2.45, 2.75) is 10.6 Å². The minimum Gasteiger partial charge on any atom is -0.367 e. The largest absolute Gasteiger partial charge is 0.367 e. The molecule has 0 amide bonds. The number of halogens is 2. The highest BCUT2D eigenvalue weighted by molar-refractivity contribution is 7.91. The molecule has 3 heterocycles. The third-order valence-corrected chi connectivity index (χ3v) is 6.60. The standard InChI is InChI=1S/C13H14F2N6O2S2/c1-20(25(22,23)11-3-2-8-24-11)7-6-16-9-4-5-10-17-18-13(12(14)15)21(10)19-9/h2-5,8,12H,6-7H2,1H3,(H,16,19). The van der Waals surface area contributed by atoms with Gasteiger partial charge in [-0.3, -0.25) is 0 Å². The predicted octanol–water partition coefficient (Wildman–Crippen LogP) is 1.86. The molecule has 0 aliphatic rings.